The number of hydrogen-bond acceptors (Lipinski definition) is 10. The average molecular weight is 683 g/mol. The fraction of sp³-hybridized carbons (Fsp3) is 0.419. The van der Waals surface area contributed by atoms with Crippen molar-refractivity contribution in [2.24, 2.45) is 0 Å². The summed E-state index contributed by atoms with van der Waals surface area (Å²) in [6.07, 6.45) is -9.04. The van der Waals surface area contributed by atoms with E-state index in [0.29, 0.717) is 36.4 Å². The molecule has 2 atom stereocenters. The number of aromatic nitrogens is 3. The second kappa shape index (κ2) is 14.8. The van der Waals surface area contributed by atoms with Crippen LogP contribution in [0.15, 0.2) is 42.3 Å². The maximum atomic E-state index is 13.6. The number of amides is 1. The van der Waals surface area contributed by atoms with Crippen LogP contribution in [0.4, 0.5) is 48.5 Å². The van der Waals surface area contributed by atoms with Crippen molar-refractivity contribution in [2.45, 2.75) is 57.5 Å². The minimum Gasteiger partial charge on any atom is -0.488 e. The molecule has 4 rings (SSSR count). The van der Waals surface area contributed by atoms with Gasteiger partial charge in [0.2, 0.25) is 11.8 Å². The summed E-state index contributed by atoms with van der Waals surface area (Å²) in [4.78, 5) is 38.9. The number of nitrogens with zero attached hydrogens (tertiary/aromatic N) is 4. The van der Waals surface area contributed by atoms with Gasteiger partial charge in [0.15, 0.2) is 11.7 Å². The number of rotatable bonds is 11. The van der Waals surface area contributed by atoms with Crippen molar-refractivity contribution >= 4 is 29.4 Å². The Balaban J connectivity index is 1.78. The number of hydrogen-bond donors (Lipinski definition) is 2. The highest BCUT2D eigenvalue weighted by Gasteiger charge is 2.39. The lowest BCUT2D eigenvalue weighted by Crippen LogP contribution is -2.46. The first-order valence-corrected chi connectivity index (χ1v) is 14.7. The van der Waals surface area contributed by atoms with Crippen molar-refractivity contribution in [3.05, 3.63) is 70.4 Å². The van der Waals surface area contributed by atoms with Gasteiger partial charge in [0.1, 0.15) is 0 Å². The molecule has 48 heavy (non-hydrogen) atoms. The number of carbonyl (C=O) groups is 1. The quantitative estimate of drug-likeness (QED) is 0.130. The number of methoxy groups -OCH3 is 2. The number of nitrogens with one attached hydrogen (secondary N) is 2. The molecular weight excluding hydrogens is 650 g/mol. The number of anilines is 3. The summed E-state index contributed by atoms with van der Waals surface area (Å²) >= 11 is 0. The highest BCUT2D eigenvalue weighted by molar-refractivity contribution is 5.90. The second-order valence-corrected chi connectivity index (χ2v) is 10.5. The highest BCUT2D eigenvalue weighted by Crippen LogP contribution is 2.41. The van der Waals surface area contributed by atoms with E-state index in [1.807, 2.05) is 6.92 Å². The molecule has 0 aliphatic carbocycles. The molecule has 2 aromatic heterocycles. The first-order valence-electron chi connectivity index (χ1n) is 14.7. The third-order valence-corrected chi connectivity index (χ3v) is 7.47. The monoisotopic (exact) mass is 682 g/mol. The Morgan fingerprint density at radius 2 is 1.73 bits per heavy atom. The Bertz CT molecular complexity index is 1650. The largest absolute Gasteiger partial charge is 0.488 e. The smallest absolute Gasteiger partial charge is 0.416 e. The number of ether oxygens (including phenoxy) is 3. The topological polar surface area (TPSA) is 128 Å². The van der Waals surface area contributed by atoms with E-state index < -0.39 is 42.0 Å². The fourth-order valence-electron chi connectivity index (χ4n) is 5.19. The average Bonchev–Trinajstić information content (AvgIpc) is 3.04. The zero-order chi connectivity index (χ0) is 35.2. The maximum absolute atomic E-state index is 13.6. The molecule has 0 bridgehead atoms. The SMILES string of the molecule is CCOC(=O)N1c2ccc(OC)nc2[C@@H](Nc2ncc(NCC(=C=O)OC)c(Cc3cc(C(F)(F)F)cc(C(F)(F)F)c3)n2)C[C@H]1CC. The van der Waals surface area contributed by atoms with Crippen molar-refractivity contribution < 1.29 is 50.1 Å². The molecule has 0 spiro atoms. The van der Waals surface area contributed by atoms with Crippen molar-refractivity contribution in [1.29, 1.82) is 0 Å². The molecule has 0 saturated carbocycles. The Morgan fingerprint density at radius 3 is 2.29 bits per heavy atom. The van der Waals surface area contributed by atoms with Crippen LogP contribution in [0.3, 0.4) is 0 Å². The summed E-state index contributed by atoms with van der Waals surface area (Å²) in [5.41, 5.74) is -2.32. The van der Waals surface area contributed by atoms with Crippen LogP contribution in [0.25, 0.3) is 0 Å². The van der Waals surface area contributed by atoms with Crippen molar-refractivity contribution in [1.82, 2.24) is 15.0 Å². The molecule has 0 radical (unpaired) electrons. The van der Waals surface area contributed by atoms with Gasteiger partial charge in [-0.25, -0.2) is 24.5 Å². The van der Waals surface area contributed by atoms with Crippen molar-refractivity contribution in [2.75, 3.05) is 42.9 Å². The standard InChI is InChI=1S/C31H32F6N6O5/c1-5-20-13-23(27-25(7-8-26(42-27)47-4)43(20)29(45)48-6-2)41-28-39-15-24(38-14-21(16-44)46-3)22(40-28)11-17-9-18(30(32,33)34)12-19(10-17)31(35,36)37/h7-10,12,15,20,23,38H,5-6,11,13-14H2,1-4H3,(H,39,40,41)/t20-,23+/m1/s1. The van der Waals surface area contributed by atoms with Crippen LogP contribution in [-0.4, -0.2) is 60.4 Å². The van der Waals surface area contributed by atoms with E-state index in [9.17, 15) is 35.9 Å². The van der Waals surface area contributed by atoms with E-state index in [0.717, 1.165) is 0 Å². The van der Waals surface area contributed by atoms with E-state index in [1.54, 1.807) is 25.0 Å². The zero-order valence-corrected chi connectivity index (χ0v) is 26.3. The Kier molecular flexibility index (Phi) is 11.0. The van der Waals surface area contributed by atoms with E-state index in [4.69, 9.17) is 14.2 Å². The van der Waals surface area contributed by atoms with Crippen LogP contribution in [0.2, 0.25) is 0 Å². The maximum Gasteiger partial charge on any atom is 0.416 e. The molecule has 0 fully saturated rings. The van der Waals surface area contributed by atoms with Crippen LogP contribution in [-0.2, 0) is 33.0 Å². The minimum atomic E-state index is -5.05. The lowest BCUT2D eigenvalue weighted by molar-refractivity contribution is -0.143. The van der Waals surface area contributed by atoms with E-state index in [2.05, 4.69) is 25.6 Å². The van der Waals surface area contributed by atoms with Crippen LogP contribution in [0, 0.1) is 0 Å². The molecule has 1 aliphatic heterocycles. The molecule has 258 valence electrons. The molecule has 2 N–H and O–H groups in total. The van der Waals surface area contributed by atoms with Gasteiger partial charge >= 0.3 is 18.4 Å². The summed E-state index contributed by atoms with van der Waals surface area (Å²) in [6, 6.07) is 3.56. The van der Waals surface area contributed by atoms with Gasteiger partial charge in [-0.3, -0.25) is 4.90 Å². The van der Waals surface area contributed by atoms with Crippen LogP contribution < -0.4 is 20.3 Å². The van der Waals surface area contributed by atoms with Gasteiger partial charge in [-0.2, -0.15) is 26.3 Å². The van der Waals surface area contributed by atoms with Gasteiger partial charge in [0.05, 0.1) is 73.5 Å². The summed E-state index contributed by atoms with van der Waals surface area (Å²) in [5, 5.41) is 5.98. The predicted molar refractivity (Wildman–Crippen MR) is 161 cm³/mol. The second-order valence-electron chi connectivity index (χ2n) is 10.5. The highest BCUT2D eigenvalue weighted by atomic mass is 19.4. The number of halogens is 6. The van der Waals surface area contributed by atoms with Gasteiger partial charge < -0.3 is 24.8 Å². The van der Waals surface area contributed by atoms with E-state index >= 15 is 0 Å². The van der Waals surface area contributed by atoms with Crippen LogP contribution in [0.1, 0.15) is 60.8 Å². The number of alkyl halides is 6. The molecule has 1 aliphatic rings. The number of pyridine rings is 1. The first kappa shape index (κ1) is 35.8. The van der Waals surface area contributed by atoms with Crippen molar-refractivity contribution in [3.63, 3.8) is 0 Å². The summed E-state index contributed by atoms with van der Waals surface area (Å²) < 4.78 is 97.1. The number of benzene rings is 1. The lowest BCUT2D eigenvalue weighted by Gasteiger charge is -2.39. The summed E-state index contributed by atoms with van der Waals surface area (Å²) in [7, 11) is 2.65. The van der Waals surface area contributed by atoms with Crippen molar-refractivity contribution in [3.8, 4) is 5.88 Å². The third-order valence-electron chi connectivity index (χ3n) is 7.47. The molecule has 17 heteroatoms. The fourth-order valence-corrected chi connectivity index (χ4v) is 5.19. The summed E-state index contributed by atoms with van der Waals surface area (Å²) in [5.74, 6) is 1.64. The minimum absolute atomic E-state index is 0.0103. The van der Waals surface area contributed by atoms with E-state index in [1.165, 1.54) is 25.3 Å². The Hall–Kier alpha value is -5.05. The first-order chi connectivity index (χ1) is 22.7. The van der Waals surface area contributed by atoms with Gasteiger partial charge in [0.25, 0.3) is 0 Å². The molecule has 1 aromatic carbocycles. The summed E-state index contributed by atoms with van der Waals surface area (Å²) in [6.45, 7) is 3.50. The molecule has 3 aromatic rings. The molecule has 0 unspecified atom stereocenters. The zero-order valence-electron chi connectivity index (χ0n) is 26.3. The number of fused-ring (bicyclic) bond motifs is 1. The molecule has 1 amide bonds. The predicted octanol–water partition coefficient (Wildman–Crippen LogP) is 6.58. The van der Waals surface area contributed by atoms with Gasteiger partial charge in [-0.1, -0.05) is 6.92 Å². The van der Waals surface area contributed by atoms with E-state index in [-0.39, 0.29) is 59.8 Å². The molecule has 11 nitrogen and oxygen atoms in total. The van der Waals surface area contributed by atoms with Crippen LogP contribution >= 0.6 is 0 Å². The van der Waals surface area contributed by atoms with Gasteiger partial charge in [-0.05, 0) is 49.6 Å². The van der Waals surface area contributed by atoms with Gasteiger partial charge in [0, 0.05) is 18.5 Å². The Morgan fingerprint density at radius 1 is 1.04 bits per heavy atom. The number of carbonyl (C=O) groups excluding carboxylic acids is 2. The Labute approximate surface area is 271 Å². The normalized spacial score (nSPS) is 16.0. The lowest BCUT2D eigenvalue weighted by atomic mass is 9.93. The molecule has 3 heterocycles. The van der Waals surface area contributed by atoms with Crippen LogP contribution in [0.5, 0.6) is 5.88 Å². The van der Waals surface area contributed by atoms with Gasteiger partial charge in [-0.15, -0.1) is 0 Å². The third kappa shape index (κ3) is 8.26. The molecular formula is C31H32F6N6O5. The molecule has 0 saturated heterocycles.